The maximum atomic E-state index is 12.5. The van der Waals surface area contributed by atoms with Gasteiger partial charge in [-0.3, -0.25) is 9.59 Å². The molecule has 0 spiro atoms. The van der Waals surface area contributed by atoms with Crippen molar-refractivity contribution in [3.8, 4) is 28.1 Å². The molecule has 0 saturated heterocycles. The van der Waals surface area contributed by atoms with Crippen molar-refractivity contribution in [2.75, 3.05) is 0 Å². The molecule has 0 saturated carbocycles. The van der Waals surface area contributed by atoms with Crippen LogP contribution in [0.15, 0.2) is 52.2 Å². The highest BCUT2D eigenvalue weighted by molar-refractivity contribution is 5.68. The third kappa shape index (κ3) is 4.11. The Balaban J connectivity index is 1.97. The lowest BCUT2D eigenvalue weighted by Crippen LogP contribution is -2.17. The normalized spacial score (nSPS) is 11.4. The van der Waals surface area contributed by atoms with Gasteiger partial charge in [0, 0.05) is 35.4 Å². The summed E-state index contributed by atoms with van der Waals surface area (Å²) in [5, 5.41) is 0. The highest BCUT2D eigenvalue weighted by Crippen LogP contribution is 2.26. The van der Waals surface area contributed by atoms with Gasteiger partial charge in [0.15, 0.2) is 10.9 Å². The van der Waals surface area contributed by atoms with E-state index in [-0.39, 0.29) is 27.7 Å². The van der Waals surface area contributed by atoms with E-state index in [1.54, 1.807) is 13.8 Å². The molecule has 5 nitrogen and oxygen atoms in total. The van der Waals surface area contributed by atoms with Crippen LogP contribution in [0.5, 0.6) is 5.75 Å². The minimum atomic E-state index is -4.77. The Hall–Kier alpha value is -3.29. The van der Waals surface area contributed by atoms with E-state index < -0.39 is 6.36 Å². The van der Waals surface area contributed by atoms with Gasteiger partial charge in [-0.1, -0.05) is 0 Å². The number of aromatic amines is 2. The second kappa shape index (κ2) is 6.79. The minimum absolute atomic E-state index is 0.217. The largest absolute Gasteiger partial charge is 0.573 e. The van der Waals surface area contributed by atoms with Gasteiger partial charge < -0.3 is 14.7 Å². The topological polar surface area (TPSA) is 75.0 Å². The maximum Gasteiger partial charge on any atom is 0.573 e. The Morgan fingerprint density at radius 1 is 0.963 bits per heavy atom. The van der Waals surface area contributed by atoms with Crippen LogP contribution in [0.2, 0.25) is 0 Å². The average Bonchev–Trinajstić information content (AvgIpc) is 2.54. The molecule has 140 valence electrons. The van der Waals surface area contributed by atoms with E-state index in [0.29, 0.717) is 22.6 Å². The van der Waals surface area contributed by atoms with Gasteiger partial charge in [0.05, 0.1) is 11.1 Å². The predicted octanol–water partition coefficient (Wildman–Crippen LogP) is 3.91. The van der Waals surface area contributed by atoms with Gasteiger partial charge in [0.25, 0.3) is 0 Å². The molecule has 0 aliphatic heterocycles. The lowest BCUT2D eigenvalue weighted by Gasteiger charge is -2.10. The SMILES string of the molecule is Cc1cc(=O)c(-c2c[nH]c(-c3ccc(OC(F)(F)F)cc3)cc2=O)c(C)[nH]1. The highest BCUT2D eigenvalue weighted by atomic mass is 19.4. The second-order valence-corrected chi connectivity index (χ2v) is 6.01. The summed E-state index contributed by atoms with van der Waals surface area (Å²) in [5.74, 6) is -0.355. The number of benzene rings is 1. The summed E-state index contributed by atoms with van der Waals surface area (Å²) in [5.41, 5.74) is 2.03. The molecule has 0 atom stereocenters. The zero-order chi connectivity index (χ0) is 19.8. The van der Waals surface area contributed by atoms with Gasteiger partial charge >= 0.3 is 6.36 Å². The van der Waals surface area contributed by atoms with Crippen LogP contribution in [0.1, 0.15) is 11.4 Å². The summed E-state index contributed by atoms with van der Waals surface area (Å²) < 4.78 is 40.5. The number of ether oxygens (including phenoxy) is 1. The van der Waals surface area contributed by atoms with E-state index in [4.69, 9.17) is 0 Å². The van der Waals surface area contributed by atoms with Crippen LogP contribution in [0, 0.1) is 13.8 Å². The van der Waals surface area contributed by atoms with Crippen molar-refractivity contribution >= 4 is 0 Å². The first-order chi connectivity index (χ1) is 12.6. The van der Waals surface area contributed by atoms with Crippen LogP contribution in [0.3, 0.4) is 0 Å². The fraction of sp³-hybridized carbons (Fsp3) is 0.158. The molecule has 3 rings (SSSR count). The molecule has 0 aliphatic carbocycles. The van der Waals surface area contributed by atoms with Crippen LogP contribution in [0.25, 0.3) is 22.4 Å². The van der Waals surface area contributed by atoms with Gasteiger partial charge in [-0.2, -0.15) is 0 Å². The Labute approximate surface area is 151 Å². The van der Waals surface area contributed by atoms with Crippen LogP contribution >= 0.6 is 0 Å². The molecule has 0 amide bonds. The summed E-state index contributed by atoms with van der Waals surface area (Å²) in [6.07, 6.45) is -3.35. The van der Waals surface area contributed by atoms with Gasteiger partial charge in [0.2, 0.25) is 0 Å². The summed E-state index contributed by atoms with van der Waals surface area (Å²) in [6, 6.07) is 7.82. The van der Waals surface area contributed by atoms with Crippen LogP contribution in [0.4, 0.5) is 13.2 Å². The third-order valence-electron chi connectivity index (χ3n) is 3.93. The number of H-pyrrole nitrogens is 2. The number of aryl methyl sites for hydroxylation is 2. The quantitative estimate of drug-likeness (QED) is 0.728. The first-order valence-electron chi connectivity index (χ1n) is 7.94. The standard InChI is InChI=1S/C19H15F3N2O3/c1-10-7-17(26)18(11(2)24-10)14-9-23-15(8-16(14)25)12-3-5-13(6-4-12)27-19(20,21)22/h3-9H,1-2H3,(H,23,25)(H,24,26). The van der Waals surface area contributed by atoms with Crippen molar-refractivity contribution in [1.29, 1.82) is 0 Å². The zero-order valence-corrected chi connectivity index (χ0v) is 14.4. The molecule has 2 N–H and O–H groups in total. The summed E-state index contributed by atoms with van der Waals surface area (Å²) in [4.78, 5) is 30.7. The van der Waals surface area contributed by atoms with E-state index in [1.165, 1.54) is 30.5 Å². The molecular formula is C19H15F3N2O3. The molecule has 1 aromatic carbocycles. The monoisotopic (exact) mass is 376 g/mol. The number of nitrogens with one attached hydrogen (secondary N) is 2. The molecule has 0 unspecified atom stereocenters. The molecule has 8 heteroatoms. The average molecular weight is 376 g/mol. The molecule has 27 heavy (non-hydrogen) atoms. The first-order valence-corrected chi connectivity index (χ1v) is 7.94. The smallest absolute Gasteiger partial charge is 0.406 e. The van der Waals surface area contributed by atoms with Crippen LogP contribution in [-0.4, -0.2) is 16.3 Å². The van der Waals surface area contributed by atoms with E-state index in [2.05, 4.69) is 14.7 Å². The van der Waals surface area contributed by atoms with E-state index >= 15 is 0 Å². The number of hydrogen-bond donors (Lipinski definition) is 2. The number of hydrogen-bond acceptors (Lipinski definition) is 3. The zero-order valence-electron chi connectivity index (χ0n) is 14.4. The van der Waals surface area contributed by atoms with Crippen molar-refractivity contribution in [2.24, 2.45) is 0 Å². The minimum Gasteiger partial charge on any atom is -0.406 e. The number of pyridine rings is 2. The molecule has 0 aliphatic rings. The number of aromatic nitrogens is 2. The fourth-order valence-electron chi connectivity index (χ4n) is 2.85. The molecular weight excluding hydrogens is 361 g/mol. The summed E-state index contributed by atoms with van der Waals surface area (Å²) in [6.45, 7) is 3.45. The molecule has 0 bridgehead atoms. The van der Waals surface area contributed by atoms with Gasteiger partial charge in [-0.05, 0) is 43.7 Å². The Morgan fingerprint density at radius 3 is 2.19 bits per heavy atom. The Kier molecular flexibility index (Phi) is 4.65. The number of rotatable bonds is 3. The number of halogens is 3. The van der Waals surface area contributed by atoms with Crippen molar-refractivity contribution < 1.29 is 17.9 Å². The van der Waals surface area contributed by atoms with Crippen LogP contribution in [-0.2, 0) is 0 Å². The molecule has 2 heterocycles. The molecule has 3 aromatic rings. The van der Waals surface area contributed by atoms with Gasteiger partial charge in [0.1, 0.15) is 5.75 Å². The summed E-state index contributed by atoms with van der Waals surface area (Å²) in [7, 11) is 0. The summed E-state index contributed by atoms with van der Waals surface area (Å²) >= 11 is 0. The lowest BCUT2D eigenvalue weighted by molar-refractivity contribution is -0.274. The first kappa shape index (κ1) is 18.5. The van der Waals surface area contributed by atoms with Gasteiger partial charge in [-0.25, -0.2) is 0 Å². The van der Waals surface area contributed by atoms with Gasteiger partial charge in [-0.15, -0.1) is 13.2 Å². The van der Waals surface area contributed by atoms with Crippen molar-refractivity contribution in [2.45, 2.75) is 20.2 Å². The molecule has 0 radical (unpaired) electrons. The molecule has 2 aromatic heterocycles. The van der Waals surface area contributed by atoms with Crippen LogP contribution < -0.4 is 15.6 Å². The van der Waals surface area contributed by atoms with Crippen molar-refractivity contribution in [3.63, 3.8) is 0 Å². The van der Waals surface area contributed by atoms with Crippen molar-refractivity contribution in [1.82, 2.24) is 9.97 Å². The molecule has 0 fully saturated rings. The highest BCUT2D eigenvalue weighted by Gasteiger charge is 2.31. The number of alkyl halides is 3. The Bertz CT molecular complexity index is 1100. The third-order valence-corrected chi connectivity index (χ3v) is 3.93. The predicted molar refractivity (Wildman–Crippen MR) is 94.7 cm³/mol. The maximum absolute atomic E-state index is 12.5. The van der Waals surface area contributed by atoms with Crippen molar-refractivity contribution in [3.05, 3.63) is 74.4 Å². The fourth-order valence-corrected chi connectivity index (χ4v) is 2.85. The van der Waals surface area contributed by atoms with E-state index in [0.717, 1.165) is 12.1 Å². The van der Waals surface area contributed by atoms with E-state index in [1.807, 2.05) is 0 Å². The Morgan fingerprint density at radius 2 is 1.63 bits per heavy atom. The van der Waals surface area contributed by atoms with E-state index in [9.17, 15) is 22.8 Å². The lowest BCUT2D eigenvalue weighted by atomic mass is 10.0. The second-order valence-electron chi connectivity index (χ2n) is 6.01.